The van der Waals surface area contributed by atoms with E-state index in [-0.39, 0.29) is 5.91 Å². The first-order valence-corrected chi connectivity index (χ1v) is 11.6. The molecule has 7 nitrogen and oxygen atoms in total. The highest BCUT2D eigenvalue weighted by molar-refractivity contribution is 7.98. The van der Waals surface area contributed by atoms with Gasteiger partial charge in [0.25, 0.3) is 5.91 Å². The van der Waals surface area contributed by atoms with Gasteiger partial charge in [-0.15, -0.1) is 21.5 Å². The van der Waals surface area contributed by atoms with E-state index in [0.717, 1.165) is 17.8 Å². The number of rotatable bonds is 9. The lowest BCUT2D eigenvalue weighted by atomic mass is 10.3. The molecule has 0 fully saturated rings. The van der Waals surface area contributed by atoms with Crippen molar-refractivity contribution in [2.24, 2.45) is 0 Å². The van der Waals surface area contributed by atoms with Crippen LogP contribution in [0.15, 0.2) is 57.6 Å². The molecule has 10 heteroatoms. The lowest BCUT2D eigenvalue weighted by Crippen LogP contribution is -2.24. The zero-order valence-electron chi connectivity index (χ0n) is 16.7. The van der Waals surface area contributed by atoms with Crippen LogP contribution in [0.25, 0.3) is 17.3 Å². The predicted octanol–water partition coefficient (Wildman–Crippen LogP) is 4.95. The van der Waals surface area contributed by atoms with E-state index in [1.54, 1.807) is 40.3 Å². The fourth-order valence-electron chi connectivity index (χ4n) is 2.86. The molecule has 0 saturated heterocycles. The van der Waals surface area contributed by atoms with Gasteiger partial charge in [0, 0.05) is 11.9 Å². The third kappa shape index (κ3) is 4.86. The van der Waals surface area contributed by atoms with Gasteiger partial charge in [0.15, 0.2) is 10.9 Å². The number of benzene rings is 1. The molecule has 3 aromatic heterocycles. The molecule has 0 aliphatic rings. The Kier molecular flexibility index (Phi) is 6.78. The number of hydrogen-bond acceptors (Lipinski definition) is 7. The number of nitrogens with zero attached hydrogens (tertiary/aromatic N) is 4. The number of furan rings is 1. The summed E-state index contributed by atoms with van der Waals surface area (Å²) in [6.07, 6.45) is 3.48. The molecule has 0 aliphatic carbocycles. The molecule has 4 rings (SSSR count). The third-order valence-corrected chi connectivity index (χ3v) is 6.37. The topological polar surface area (TPSA) is 85.8 Å². The van der Waals surface area contributed by atoms with Crippen LogP contribution in [0.3, 0.4) is 0 Å². The molecule has 31 heavy (non-hydrogen) atoms. The number of aromatic nitrogens is 4. The minimum absolute atomic E-state index is 0.171. The molecule has 0 radical (unpaired) electrons. The van der Waals surface area contributed by atoms with Crippen LogP contribution in [0, 0.1) is 5.82 Å². The van der Waals surface area contributed by atoms with Crippen molar-refractivity contribution in [3.05, 3.63) is 64.6 Å². The standard InChI is InChI=1S/C21H20FN5O2S2/c1-2-3-10-23-20(28)15-12-30-18(24-15)13-31-21-26-25-19(17-9-6-11-29-17)27(21)16-8-5-4-7-14(16)22/h4-9,11-12H,2-3,10,13H2,1H3,(H,23,28). The van der Waals surface area contributed by atoms with Crippen molar-refractivity contribution >= 4 is 29.0 Å². The molecule has 160 valence electrons. The number of thiazole rings is 1. The van der Waals surface area contributed by atoms with Gasteiger partial charge in [-0.2, -0.15) is 0 Å². The maximum absolute atomic E-state index is 14.6. The normalized spacial score (nSPS) is 11.0. The third-order valence-electron chi connectivity index (χ3n) is 4.39. The van der Waals surface area contributed by atoms with Crippen LogP contribution in [0.1, 0.15) is 35.3 Å². The number of nitrogens with one attached hydrogen (secondary N) is 1. The van der Waals surface area contributed by atoms with Crippen molar-refractivity contribution in [1.82, 2.24) is 25.1 Å². The molecule has 3 heterocycles. The molecule has 0 bridgehead atoms. The summed E-state index contributed by atoms with van der Waals surface area (Å²) in [6, 6.07) is 9.93. The number of halogens is 1. The second kappa shape index (κ2) is 9.88. The molecule has 0 saturated carbocycles. The molecule has 0 aliphatic heterocycles. The minimum Gasteiger partial charge on any atom is -0.461 e. The highest BCUT2D eigenvalue weighted by atomic mass is 32.2. The highest BCUT2D eigenvalue weighted by Crippen LogP contribution is 2.31. The number of amides is 1. The summed E-state index contributed by atoms with van der Waals surface area (Å²) < 4.78 is 21.7. The Balaban J connectivity index is 1.55. The van der Waals surface area contributed by atoms with Gasteiger partial charge in [-0.05, 0) is 30.7 Å². The number of unbranched alkanes of at least 4 members (excludes halogenated alkanes) is 1. The Morgan fingerprint density at radius 3 is 2.90 bits per heavy atom. The molecule has 1 N–H and O–H groups in total. The van der Waals surface area contributed by atoms with Gasteiger partial charge < -0.3 is 9.73 Å². The Hall–Kier alpha value is -2.98. The highest BCUT2D eigenvalue weighted by Gasteiger charge is 2.21. The van der Waals surface area contributed by atoms with Crippen LogP contribution in [0.2, 0.25) is 0 Å². The van der Waals surface area contributed by atoms with Gasteiger partial charge in [-0.3, -0.25) is 9.36 Å². The Bertz CT molecular complexity index is 1160. The maximum atomic E-state index is 14.6. The number of carbonyl (C=O) groups is 1. The molecular weight excluding hydrogens is 437 g/mol. The summed E-state index contributed by atoms with van der Waals surface area (Å²) in [5.74, 6) is 0.806. The summed E-state index contributed by atoms with van der Waals surface area (Å²) >= 11 is 2.77. The summed E-state index contributed by atoms with van der Waals surface area (Å²) in [4.78, 5) is 16.6. The van der Waals surface area contributed by atoms with Crippen molar-refractivity contribution in [3.8, 4) is 17.3 Å². The van der Waals surface area contributed by atoms with E-state index in [0.29, 0.717) is 40.4 Å². The number of carbonyl (C=O) groups excluding carboxylic acids is 1. The largest absolute Gasteiger partial charge is 0.461 e. The first-order valence-electron chi connectivity index (χ1n) is 9.77. The fraction of sp³-hybridized carbons (Fsp3) is 0.238. The molecule has 1 amide bonds. The van der Waals surface area contributed by atoms with Crippen molar-refractivity contribution in [3.63, 3.8) is 0 Å². The molecule has 4 aromatic rings. The van der Waals surface area contributed by atoms with Crippen molar-refractivity contribution < 1.29 is 13.6 Å². The van der Waals surface area contributed by atoms with Gasteiger partial charge in [0.1, 0.15) is 16.5 Å². The van der Waals surface area contributed by atoms with Gasteiger partial charge in [0.2, 0.25) is 5.82 Å². The quantitative estimate of drug-likeness (QED) is 0.283. The minimum atomic E-state index is -0.391. The smallest absolute Gasteiger partial charge is 0.270 e. The van der Waals surface area contributed by atoms with Crippen molar-refractivity contribution in [1.29, 1.82) is 0 Å². The summed E-state index contributed by atoms with van der Waals surface area (Å²) in [5, 5.41) is 14.3. The van der Waals surface area contributed by atoms with E-state index >= 15 is 0 Å². The Morgan fingerprint density at radius 2 is 2.13 bits per heavy atom. The zero-order chi connectivity index (χ0) is 21.6. The number of para-hydroxylation sites is 1. The summed E-state index contributed by atoms with van der Waals surface area (Å²) in [5.41, 5.74) is 0.736. The van der Waals surface area contributed by atoms with Crippen LogP contribution in [-0.4, -0.2) is 32.2 Å². The first-order chi connectivity index (χ1) is 15.2. The number of hydrogen-bond donors (Lipinski definition) is 1. The van der Waals surface area contributed by atoms with Crippen LogP contribution >= 0.6 is 23.1 Å². The van der Waals surface area contributed by atoms with E-state index < -0.39 is 5.82 Å². The molecule has 1 aromatic carbocycles. The average molecular weight is 458 g/mol. The Morgan fingerprint density at radius 1 is 1.26 bits per heavy atom. The zero-order valence-corrected chi connectivity index (χ0v) is 18.4. The van der Waals surface area contributed by atoms with E-state index in [9.17, 15) is 9.18 Å². The molecule has 0 spiro atoms. The lowest BCUT2D eigenvalue weighted by Gasteiger charge is -2.09. The second-order valence-electron chi connectivity index (χ2n) is 6.59. The van der Waals surface area contributed by atoms with Crippen LogP contribution in [-0.2, 0) is 5.75 Å². The monoisotopic (exact) mass is 457 g/mol. The van der Waals surface area contributed by atoms with E-state index in [2.05, 4.69) is 27.4 Å². The van der Waals surface area contributed by atoms with Gasteiger partial charge in [0.05, 0.1) is 17.7 Å². The fourth-order valence-corrected chi connectivity index (χ4v) is 4.59. The Labute approximate surface area is 186 Å². The summed E-state index contributed by atoms with van der Waals surface area (Å²) in [6.45, 7) is 2.71. The average Bonchev–Trinajstić information content (AvgIpc) is 3.53. The first kappa shape index (κ1) is 21.3. The maximum Gasteiger partial charge on any atom is 0.270 e. The molecule has 0 unspecified atom stereocenters. The van der Waals surface area contributed by atoms with E-state index in [4.69, 9.17) is 4.42 Å². The lowest BCUT2D eigenvalue weighted by molar-refractivity contribution is 0.0948. The van der Waals surface area contributed by atoms with Crippen LogP contribution < -0.4 is 5.32 Å². The van der Waals surface area contributed by atoms with E-state index in [1.165, 1.54) is 35.4 Å². The van der Waals surface area contributed by atoms with E-state index in [1.807, 2.05) is 0 Å². The summed E-state index contributed by atoms with van der Waals surface area (Å²) in [7, 11) is 0. The number of thioether (sulfide) groups is 1. The molecule has 0 atom stereocenters. The molecular formula is C21H20FN5O2S2. The van der Waals surface area contributed by atoms with Gasteiger partial charge in [-0.25, -0.2) is 9.37 Å². The predicted molar refractivity (Wildman–Crippen MR) is 118 cm³/mol. The van der Waals surface area contributed by atoms with Crippen molar-refractivity contribution in [2.45, 2.75) is 30.7 Å². The second-order valence-corrected chi connectivity index (χ2v) is 8.48. The van der Waals surface area contributed by atoms with Crippen molar-refractivity contribution in [2.75, 3.05) is 6.54 Å². The van der Waals surface area contributed by atoms with Gasteiger partial charge in [-0.1, -0.05) is 37.2 Å². The van der Waals surface area contributed by atoms with Gasteiger partial charge >= 0.3 is 0 Å². The van der Waals surface area contributed by atoms with Crippen LogP contribution in [0.4, 0.5) is 4.39 Å². The van der Waals surface area contributed by atoms with Crippen LogP contribution in [0.5, 0.6) is 0 Å². The SMILES string of the molecule is CCCCNC(=O)c1csc(CSc2nnc(-c3ccco3)n2-c2ccccc2F)n1.